The van der Waals surface area contributed by atoms with Crippen LogP contribution < -0.4 is 15.5 Å². The Balaban J connectivity index is 1.25. The smallest absolute Gasteiger partial charge is 0.275 e. The molecule has 4 aliphatic rings. The van der Waals surface area contributed by atoms with Crippen molar-refractivity contribution in [3.05, 3.63) is 22.4 Å². The van der Waals surface area contributed by atoms with Gasteiger partial charge in [0.2, 0.25) is 0 Å². The van der Waals surface area contributed by atoms with Crippen LogP contribution in [-0.2, 0) is 16.1 Å². The van der Waals surface area contributed by atoms with Crippen molar-refractivity contribution in [3.63, 3.8) is 0 Å². The van der Waals surface area contributed by atoms with Crippen LogP contribution in [0, 0.1) is 17.8 Å². The minimum atomic E-state index is 0.0165. The summed E-state index contributed by atoms with van der Waals surface area (Å²) in [6, 6.07) is 4.01. The summed E-state index contributed by atoms with van der Waals surface area (Å²) >= 11 is 1.65. The van der Waals surface area contributed by atoms with Gasteiger partial charge in [-0.2, -0.15) is 0 Å². The summed E-state index contributed by atoms with van der Waals surface area (Å²) in [5.74, 6) is 2.63. The predicted molar refractivity (Wildman–Crippen MR) is 106 cm³/mol. The third-order valence-electron chi connectivity index (χ3n) is 6.80. The van der Waals surface area contributed by atoms with Crippen molar-refractivity contribution in [2.24, 2.45) is 17.8 Å². The molecule has 2 amide bonds. The molecule has 0 saturated heterocycles. The van der Waals surface area contributed by atoms with Crippen LogP contribution in [0.1, 0.15) is 50.3 Å². The number of carbonyl (C=O) groups is 2. The van der Waals surface area contributed by atoms with Gasteiger partial charge in [-0.15, -0.1) is 11.3 Å². The molecule has 4 aliphatic carbocycles. The van der Waals surface area contributed by atoms with E-state index in [4.69, 9.17) is 0 Å². The molecule has 0 spiro atoms. The first-order chi connectivity index (χ1) is 13.0. The first-order valence-electron chi connectivity index (χ1n) is 10.5. The van der Waals surface area contributed by atoms with Gasteiger partial charge in [-0.25, -0.2) is 0 Å². The first-order valence-corrected chi connectivity index (χ1v) is 11.3. The van der Waals surface area contributed by atoms with Gasteiger partial charge in [-0.1, -0.05) is 6.07 Å². The molecule has 0 radical (unpaired) electrons. The van der Waals surface area contributed by atoms with Gasteiger partial charge in [0.05, 0.1) is 13.1 Å². The van der Waals surface area contributed by atoms with Gasteiger partial charge in [0.1, 0.15) is 0 Å². The average Bonchev–Trinajstić information content (AvgIpc) is 3.11. The Hall–Kier alpha value is -1.40. The normalized spacial score (nSPS) is 32.3. The van der Waals surface area contributed by atoms with Crippen molar-refractivity contribution in [1.82, 2.24) is 10.6 Å². The number of amides is 2. The molecule has 6 heteroatoms. The van der Waals surface area contributed by atoms with E-state index in [-0.39, 0.29) is 17.4 Å². The highest BCUT2D eigenvalue weighted by Gasteiger charge is 2.51. The zero-order valence-electron chi connectivity index (χ0n) is 16.3. The van der Waals surface area contributed by atoms with Gasteiger partial charge in [-0.3, -0.25) is 9.59 Å². The lowest BCUT2D eigenvalue weighted by atomic mass is 9.53. The Morgan fingerprint density at radius 1 is 1.11 bits per heavy atom. The maximum Gasteiger partial charge on any atom is 0.275 e. The second-order valence-electron chi connectivity index (χ2n) is 9.06. The van der Waals surface area contributed by atoms with Crippen LogP contribution in [0.15, 0.2) is 17.5 Å². The number of thiophene rings is 1. The van der Waals surface area contributed by atoms with Gasteiger partial charge in [0.15, 0.2) is 13.1 Å². The minimum Gasteiger partial charge on any atom is -0.346 e. The first kappa shape index (κ1) is 18.9. The molecule has 27 heavy (non-hydrogen) atoms. The lowest BCUT2D eigenvalue weighted by Crippen LogP contribution is -3.14. The van der Waals surface area contributed by atoms with Crippen molar-refractivity contribution in [3.8, 4) is 0 Å². The summed E-state index contributed by atoms with van der Waals surface area (Å²) in [4.78, 5) is 27.2. The predicted octanol–water partition coefficient (Wildman–Crippen LogP) is 1.35. The van der Waals surface area contributed by atoms with E-state index in [9.17, 15) is 9.59 Å². The molecular weight excluding hydrogens is 358 g/mol. The van der Waals surface area contributed by atoms with E-state index >= 15 is 0 Å². The van der Waals surface area contributed by atoms with E-state index < -0.39 is 0 Å². The summed E-state index contributed by atoms with van der Waals surface area (Å²) in [6.45, 7) is 4.15. The van der Waals surface area contributed by atoms with Gasteiger partial charge >= 0.3 is 0 Å². The van der Waals surface area contributed by atoms with Crippen LogP contribution in [0.2, 0.25) is 0 Å². The molecule has 4 bridgehead atoms. The molecule has 4 fully saturated rings. The standard InChI is InChI=1S/C21H31N3O2S/c1-2-24(13-19(25)22-12-18-4-3-5-27-18)14-20(26)23-21-9-15-6-16(10-21)8-17(7-15)11-21/h3-5,15-17H,2,6-14H2,1H3,(H,22,25)(H,23,26)/p+1. The molecule has 3 N–H and O–H groups in total. The van der Waals surface area contributed by atoms with Gasteiger partial charge in [-0.05, 0) is 74.6 Å². The summed E-state index contributed by atoms with van der Waals surface area (Å²) in [7, 11) is 0. The largest absolute Gasteiger partial charge is 0.346 e. The van der Waals surface area contributed by atoms with Gasteiger partial charge in [0, 0.05) is 10.4 Å². The third-order valence-corrected chi connectivity index (χ3v) is 7.68. The van der Waals surface area contributed by atoms with Crippen LogP contribution in [0.3, 0.4) is 0 Å². The van der Waals surface area contributed by atoms with Gasteiger partial charge in [0.25, 0.3) is 11.8 Å². The van der Waals surface area contributed by atoms with Crippen LogP contribution in [0.4, 0.5) is 0 Å². The average molecular weight is 391 g/mol. The van der Waals surface area contributed by atoms with E-state index in [1.165, 1.54) is 38.5 Å². The molecule has 1 aromatic rings. The molecule has 148 valence electrons. The maximum absolute atomic E-state index is 12.8. The fourth-order valence-corrected chi connectivity index (χ4v) is 6.68. The Morgan fingerprint density at radius 2 is 1.74 bits per heavy atom. The molecule has 1 unspecified atom stereocenters. The lowest BCUT2D eigenvalue weighted by molar-refractivity contribution is -0.881. The minimum absolute atomic E-state index is 0.0165. The van der Waals surface area contributed by atoms with Crippen molar-refractivity contribution in [2.45, 2.75) is 57.5 Å². The quantitative estimate of drug-likeness (QED) is 0.628. The van der Waals surface area contributed by atoms with Crippen LogP contribution in [0.5, 0.6) is 0 Å². The third kappa shape index (κ3) is 4.54. The zero-order valence-corrected chi connectivity index (χ0v) is 17.1. The van der Waals surface area contributed by atoms with E-state index in [0.29, 0.717) is 19.6 Å². The van der Waals surface area contributed by atoms with Crippen LogP contribution in [-0.4, -0.2) is 37.0 Å². The molecule has 5 nitrogen and oxygen atoms in total. The molecule has 5 rings (SSSR count). The highest BCUT2D eigenvalue weighted by molar-refractivity contribution is 7.09. The molecular formula is C21H32N3O2S+. The van der Waals surface area contributed by atoms with Crippen LogP contribution in [0.25, 0.3) is 0 Å². The summed E-state index contributed by atoms with van der Waals surface area (Å²) in [5.41, 5.74) is 0.0616. The summed E-state index contributed by atoms with van der Waals surface area (Å²) in [5, 5.41) is 8.41. The topological polar surface area (TPSA) is 62.6 Å². The van der Waals surface area contributed by atoms with E-state index in [2.05, 4.69) is 10.6 Å². The second kappa shape index (κ2) is 7.92. The molecule has 0 aromatic carbocycles. The van der Waals surface area contributed by atoms with Crippen LogP contribution >= 0.6 is 11.3 Å². The van der Waals surface area contributed by atoms with Crippen molar-refractivity contribution in [2.75, 3.05) is 19.6 Å². The monoisotopic (exact) mass is 390 g/mol. The molecule has 1 atom stereocenters. The highest BCUT2D eigenvalue weighted by atomic mass is 32.1. The summed E-state index contributed by atoms with van der Waals surface area (Å²) in [6.07, 6.45) is 7.66. The Kier molecular flexibility index (Phi) is 5.55. The second-order valence-corrected chi connectivity index (χ2v) is 10.1. The molecule has 1 heterocycles. The summed E-state index contributed by atoms with van der Waals surface area (Å²) < 4.78 is 0. The molecule has 0 aliphatic heterocycles. The zero-order chi connectivity index (χ0) is 18.9. The number of hydrogen-bond acceptors (Lipinski definition) is 3. The van der Waals surface area contributed by atoms with Crippen molar-refractivity contribution < 1.29 is 14.5 Å². The Bertz CT molecular complexity index is 638. The number of quaternary nitrogens is 1. The molecule has 1 aromatic heterocycles. The van der Waals surface area contributed by atoms with E-state index in [1.807, 2.05) is 24.4 Å². The highest BCUT2D eigenvalue weighted by Crippen LogP contribution is 2.55. The lowest BCUT2D eigenvalue weighted by Gasteiger charge is -2.56. The number of rotatable bonds is 8. The number of hydrogen-bond donors (Lipinski definition) is 3. The molecule has 4 saturated carbocycles. The Morgan fingerprint density at radius 3 is 2.30 bits per heavy atom. The Labute approximate surface area is 165 Å². The SMILES string of the molecule is CC[NH+](CC(=O)NCc1cccs1)CC(=O)NC12CC3CC(CC(C3)C1)C2. The number of carbonyl (C=O) groups excluding carboxylic acids is 2. The van der Waals surface area contributed by atoms with E-state index in [0.717, 1.165) is 34.1 Å². The van der Waals surface area contributed by atoms with Crippen molar-refractivity contribution >= 4 is 23.2 Å². The maximum atomic E-state index is 12.8. The number of nitrogens with one attached hydrogen (secondary N) is 3. The number of likely N-dealkylation sites (N-methyl/N-ethyl adjacent to an activating group) is 1. The van der Waals surface area contributed by atoms with Gasteiger partial charge < -0.3 is 15.5 Å². The fraction of sp³-hybridized carbons (Fsp3) is 0.714. The van der Waals surface area contributed by atoms with Crippen molar-refractivity contribution in [1.29, 1.82) is 0 Å². The van der Waals surface area contributed by atoms with E-state index in [1.54, 1.807) is 11.3 Å². The fourth-order valence-electron chi connectivity index (χ4n) is 6.03.